The first-order chi connectivity index (χ1) is 15.2. The highest BCUT2D eigenvalue weighted by Crippen LogP contribution is 2.46. The number of nitrogens with zero attached hydrogens (tertiary/aromatic N) is 1. The van der Waals surface area contributed by atoms with Crippen LogP contribution in [0, 0.1) is 6.92 Å². The molecule has 1 atom stereocenters. The van der Waals surface area contributed by atoms with Crippen molar-refractivity contribution in [2.75, 3.05) is 12.0 Å². The summed E-state index contributed by atoms with van der Waals surface area (Å²) in [6.07, 6.45) is 1.38. The normalized spacial score (nSPS) is 17.8. The molecule has 1 unspecified atom stereocenters. The molecule has 0 aliphatic carbocycles. The maximum absolute atomic E-state index is 13.1. The zero-order valence-electron chi connectivity index (χ0n) is 16.9. The van der Waals surface area contributed by atoms with Gasteiger partial charge < -0.3 is 19.4 Å². The van der Waals surface area contributed by atoms with Crippen molar-refractivity contribution in [3.8, 4) is 11.5 Å². The van der Waals surface area contributed by atoms with Crippen molar-refractivity contribution in [2.45, 2.75) is 13.0 Å². The first-order valence-corrected chi connectivity index (χ1v) is 10.2. The summed E-state index contributed by atoms with van der Waals surface area (Å²) in [7, 11) is 1.39. The zero-order chi connectivity index (χ0) is 23.2. The van der Waals surface area contributed by atoms with E-state index in [1.165, 1.54) is 31.6 Å². The molecule has 1 aliphatic rings. The smallest absolute Gasteiger partial charge is 0.300 e. The Morgan fingerprint density at radius 2 is 1.81 bits per heavy atom. The summed E-state index contributed by atoms with van der Waals surface area (Å²) in [6.45, 7) is 1.78. The third kappa shape index (κ3) is 3.49. The van der Waals surface area contributed by atoms with Gasteiger partial charge in [0.05, 0.1) is 34.7 Å². The summed E-state index contributed by atoms with van der Waals surface area (Å²) < 4.78 is 10.6. The second-order valence-electron chi connectivity index (χ2n) is 7.15. The number of ether oxygens (including phenoxy) is 1. The summed E-state index contributed by atoms with van der Waals surface area (Å²) >= 11 is 12.4. The van der Waals surface area contributed by atoms with Gasteiger partial charge in [-0.2, -0.15) is 0 Å². The van der Waals surface area contributed by atoms with Gasteiger partial charge >= 0.3 is 0 Å². The standard InChI is InChI=1S/C23H17Cl2NO6/c1-11-5-6-16(27)15(8-11)26-19(17-4-3-7-32-17)18(21(29)23(26)30)20(28)12-9-13(24)22(31-2)14(25)10-12/h3-10,19,27-28H,1-2H3/b20-18-. The number of ketones is 1. The lowest BCUT2D eigenvalue weighted by molar-refractivity contribution is -0.132. The highest BCUT2D eigenvalue weighted by atomic mass is 35.5. The van der Waals surface area contributed by atoms with Crippen LogP contribution < -0.4 is 9.64 Å². The molecule has 0 radical (unpaired) electrons. The maximum atomic E-state index is 13.1. The molecule has 0 bridgehead atoms. The number of hydrogen-bond acceptors (Lipinski definition) is 6. The van der Waals surface area contributed by atoms with Crippen molar-refractivity contribution in [1.82, 2.24) is 0 Å². The SMILES string of the molecule is COc1c(Cl)cc(/C(O)=C2/C(=O)C(=O)N(c3cc(C)ccc3O)C2c2ccco2)cc1Cl. The Morgan fingerprint density at radius 3 is 2.41 bits per heavy atom. The second-order valence-corrected chi connectivity index (χ2v) is 7.96. The number of aliphatic hydroxyl groups is 1. The van der Waals surface area contributed by atoms with Gasteiger partial charge in [0.25, 0.3) is 11.7 Å². The van der Waals surface area contributed by atoms with E-state index in [1.54, 1.807) is 31.2 Å². The van der Waals surface area contributed by atoms with Crippen LogP contribution >= 0.6 is 23.2 Å². The predicted molar refractivity (Wildman–Crippen MR) is 119 cm³/mol. The molecule has 1 saturated heterocycles. The van der Waals surface area contributed by atoms with Crippen LogP contribution in [0.2, 0.25) is 10.0 Å². The van der Waals surface area contributed by atoms with Crippen molar-refractivity contribution in [3.63, 3.8) is 0 Å². The van der Waals surface area contributed by atoms with Gasteiger partial charge in [-0.05, 0) is 48.9 Å². The summed E-state index contributed by atoms with van der Waals surface area (Å²) in [5.41, 5.74) is 0.747. The van der Waals surface area contributed by atoms with Crippen molar-refractivity contribution >= 4 is 46.3 Å². The first kappa shape index (κ1) is 21.8. The Labute approximate surface area is 193 Å². The third-order valence-corrected chi connectivity index (χ3v) is 5.68. The van der Waals surface area contributed by atoms with Crippen LogP contribution in [0.4, 0.5) is 5.69 Å². The summed E-state index contributed by atoms with van der Waals surface area (Å²) in [4.78, 5) is 27.2. The first-order valence-electron chi connectivity index (χ1n) is 9.42. The van der Waals surface area contributed by atoms with E-state index in [1.807, 2.05) is 0 Å². The average molecular weight is 474 g/mol. The van der Waals surface area contributed by atoms with Crippen LogP contribution in [0.5, 0.6) is 11.5 Å². The molecule has 2 heterocycles. The number of methoxy groups -OCH3 is 1. The Morgan fingerprint density at radius 1 is 1.12 bits per heavy atom. The van der Waals surface area contributed by atoms with Crippen molar-refractivity contribution < 1.29 is 29.0 Å². The minimum Gasteiger partial charge on any atom is -0.507 e. The van der Waals surface area contributed by atoms with Gasteiger partial charge in [0.1, 0.15) is 23.3 Å². The molecule has 4 rings (SSSR count). The van der Waals surface area contributed by atoms with E-state index in [-0.39, 0.29) is 44.1 Å². The van der Waals surface area contributed by atoms with E-state index in [0.717, 1.165) is 10.5 Å². The summed E-state index contributed by atoms with van der Waals surface area (Å²) in [5.74, 6) is -2.15. The number of halogens is 2. The Kier molecular flexibility index (Phi) is 5.62. The number of carbonyl (C=O) groups excluding carboxylic acids is 2. The number of aryl methyl sites for hydroxylation is 1. The van der Waals surface area contributed by atoms with E-state index in [4.69, 9.17) is 32.4 Å². The molecule has 0 saturated carbocycles. The predicted octanol–water partition coefficient (Wildman–Crippen LogP) is 5.24. The molecular formula is C23H17Cl2NO6. The van der Waals surface area contributed by atoms with E-state index < -0.39 is 23.5 Å². The molecule has 32 heavy (non-hydrogen) atoms. The second kappa shape index (κ2) is 8.26. The highest BCUT2D eigenvalue weighted by molar-refractivity contribution is 6.52. The third-order valence-electron chi connectivity index (χ3n) is 5.12. The topological polar surface area (TPSA) is 100 Å². The van der Waals surface area contributed by atoms with Crippen LogP contribution in [0.15, 0.2) is 58.7 Å². The summed E-state index contributed by atoms with van der Waals surface area (Å²) in [5, 5.41) is 21.7. The number of amides is 1. The van der Waals surface area contributed by atoms with E-state index in [0.29, 0.717) is 0 Å². The fraction of sp³-hybridized carbons (Fsp3) is 0.130. The number of benzene rings is 2. The van der Waals surface area contributed by atoms with Gasteiger partial charge in [-0.1, -0.05) is 29.3 Å². The minimum absolute atomic E-state index is 0.110. The number of anilines is 1. The van der Waals surface area contributed by atoms with Crippen LogP contribution in [-0.2, 0) is 9.59 Å². The van der Waals surface area contributed by atoms with Crippen LogP contribution in [0.25, 0.3) is 5.76 Å². The molecule has 2 N–H and O–H groups in total. The molecule has 1 aliphatic heterocycles. The number of phenolic OH excluding ortho intramolecular Hbond substituents is 1. The Hall–Kier alpha value is -3.42. The van der Waals surface area contributed by atoms with Gasteiger partial charge in [0.15, 0.2) is 5.75 Å². The fourth-order valence-corrected chi connectivity index (χ4v) is 4.31. The largest absolute Gasteiger partial charge is 0.507 e. The van der Waals surface area contributed by atoms with Crippen LogP contribution in [0.3, 0.4) is 0 Å². The van der Waals surface area contributed by atoms with E-state index in [2.05, 4.69) is 0 Å². The number of furan rings is 1. The Balaban J connectivity index is 1.96. The van der Waals surface area contributed by atoms with Gasteiger partial charge in [-0.15, -0.1) is 0 Å². The van der Waals surface area contributed by atoms with Gasteiger partial charge in [0, 0.05) is 5.56 Å². The van der Waals surface area contributed by atoms with E-state index >= 15 is 0 Å². The summed E-state index contributed by atoms with van der Waals surface area (Å²) in [6, 6.07) is 9.43. The van der Waals surface area contributed by atoms with Crippen molar-refractivity contribution in [2.24, 2.45) is 0 Å². The lowest BCUT2D eigenvalue weighted by Crippen LogP contribution is -2.29. The molecule has 1 amide bonds. The van der Waals surface area contributed by atoms with Gasteiger partial charge in [-0.3, -0.25) is 14.5 Å². The minimum atomic E-state index is -1.13. The molecular weight excluding hydrogens is 457 g/mol. The molecule has 164 valence electrons. The molecule has 3 aromatic rings. The number of Topliss-reactive ketones (excluding diaryl/α,β-unsaturated/α-hetero) is 1. The number of hydrogen-bond donors (Lipinski definition) is 2. The number of aliphatic hydroxyl groups excluding tert-OH is 1. The molecule has 1 aromatic heterocycles. The molecule has 9 heteroatoms. The Bertz CT molecular complexity index is 1240. The monoisotopic (exact) mass is 473 g/mol. The van der Waals surface area contributed by atoms with Crippen LogP contribution in [0.1, 0.15) is 22.9 Å². The molecule has 1 fully saturated rings. The fourth-order valence-electron chi connectivity index (χ4n) is 3.67. The quantitative estimate of drug-likeness (QED) is 0.305. The number of phenols is 1. The average Bonchev–Trinajstić information content (AvgIpc) is 3.36. The van der Waals surface area contributed by atoms with Crippen molar-refractivity contribution in [1.29, 1.82) is 0 Å². The number of carbonyl (C=O) groups is 2. The maximum Gasteiger partial charge on any atom is 0.300 e. The zero-order valence-corrected chi connectivity index (χ0v) is 18.4. The van der Waals surface area contributed by atoms with Crippen molar-refractivity contribution in [3.05, 3.63) is 81.2 Å². The lowest BCUT2D eigenvalue weighted by atomic mass is 9.99. The number of aromatic hydroxyl groups is 1. The molecule has 2 aromatic carbocycles. The molecule has 0 spiro atoms. The number of rotatable bonds is 4. The van der Waals surface area contributed by atoms with E-state index in [9.17, 15) is 19.8 Å². The lowest BCUT2D eigenvalue weighted by Gasteiger charge is -2.24. The molecule has 7 nitrogen and oxygen atoms in total. The highest BCUT2D eigenvalue weighted by Gasteiger charge is 2.49. The van der Waals surface area contributed by atoms with Gasteiger partial charge in [-0.25, -0.2) is 0 Å². The van der Waals surface area contributed by atoms with Crippen LogP contribution in [-0.4, -0.2) is 29.0 Å². The van der Waals surface area contributed by atoms with Gasteiger partial charge in [0.2, 0.25) is 0 Å².